The molecular formula is C25H24BrN3O3. The van der Waals surface area contributed by atoms with Crippen molar-refractivity contribution in [2.24, 2.45) is 5.10 Å². The van der Waals surface area contributed by atoms with Crippen LogP contribution in [0, 0.1) is 0 Å². The number of amides is 2. The van der Waals surface area contributed by atoms with Crippen molar-refractivity contribution < 1.29 is 14.3 Å². The molecule has 0 fully saturated rings. The van der Waals surface area contributed by atoms with E-state index < -0.39 is 5.91 Å². The monoisotopic (exact) mass is 493 g/mol. The molecule has 0 aliphatic carbocycles. The van der Waals surface area contributed by atoms with Crippen LogP contribution in [-0.2, 0) is 22.6 Å². The third kappa shape index (κ3) is 8.00. The summed E-state index contributed by atoms with van der Waals surface area (Å²) in [5, 5.41) is 6.60. The summed E-state index contributed by atoms with van der Waals surface area (Å²) in [6, 6.07) is 25.1. The summed E-state index contributed by atoms with van der Waals surface area (Å²) in [4.78, 5) is 23.9. The van der Waals surface area contributed by atoms with Gasteiger partial charge in [0.2, 0.25) is 5.91 Å². The van der Waals surface area contributed by atoms with Gasteiger partial charge in [-0.15, -0.1) is 0 Å². The van der Waals surface area contributed by atoms with Crippen molar-refractivity contribution in [3.05, 3.63) is 100 Å². The lowest BCUT2D eigenvalue weighted by molar-refractivity contribution is -0.126. The maximum Gasteiger partial charge on any atom is 0.259 e. The minimum Gasteiger partial charge on any atom is -0.488 e. The average molecular weight is 494 g/mol. The van der Waals surface area contributed by atoms with Crippen LogP contribution in [0.3, 0.4) is 0 Å². The molecule has 0 aliphatic rings. The lowest BCUT2D eigenvalue weighted by Crippen LogP contribution is -2.35. The molecule has 6 nitrogen and oxygen atoms in total. The highest BCUT2D eigenvalue weighted by Crippen LogP contribution is 2.22. The molecular weight excluding hydrogens is 470 g/mol. The fourth-order valence-electron chi connectivity index (χ4n) is 2.87. The van der Waals surface area contributed by atoms with Crippen molar-refractivity contribution in [1.29, 1.82) is 0 Å². The molecule has 0 radical (unpaired) electrons. The first-order valence-corrected chi connectivity index (χ1v) is 11.0. The van der Waals surface area contributed by atoms with Gasteiger partial charge in [-0.05, 0) is 35.7 Å². The Hall–Kier alpha value is -3.45. The molecule has 0 bridgehead atoms. The number of rotatable bonds is 10. The number of ether oxygens (including phenoxy) is 1. The van der Waals surface area contributed by atoms with Crippen LogP contribution in [-0.4, -0.2) is 24.6 Å². The SMILES string of the molecule is O=C(CCc1ccccc1)NCC(=O)NN=Cc1cc(Br)ccc1OCc1ccccc1. The van der Waals surface area contributed by atoms with E-state index in [2.05, 4.69) is 31.8 Å². The third-order valence-corrected chi connectivity index (χ3v) is 5.02. The van der Waals surface area contributed by atoms with Gasteiger partial charge in [-0.2, -0.15) is 5.10 Å². The number of hydrazone groups is 1. The van der Waals surface area contributed by atoms with E-state index in [1.54, 1.807) is 0 Å². The van der Waals surface area contributed by atoms with Crippen molar-refractivity contribution in [3.63, 3.8) is 0 Å². The number of hydrogen-bond donors (Lipinski definition) is 2. The van der Waals surface area contributed by atoms with Gasteiger partial charge in [0.1, 0.15) is 12.4 Å². The van der Waals surface area contributed by atoms with Crippen LogP contribution >= 0.6 is 15.9 Å². The molecule has 0 heterocycles. The molecule has 2 N–H and O–H groups in total. The van der Waals surface area contributed by atoms with Crippen molar-refractivity contribution in [2.75, 3.05) is 6.54 Å². The van der Waals surface area contributed by atoms with Gasteiger partial charge in [-0.25, -0.2) is 5.43 Å². The topological polar surface area (TPSA) is 79.8 Å². The Morgan fingerprint density at radius 3 is 2.31 bits per heavy atom. The van der Waals surface area contributed by atoms with Gasteiger partial charge >= 0.3 is 0 Å². The molecule has 3 aromatic carbocycles. The number of aryl methyl sites for hydroxylation is 1. The first kappa shape index (κ1) is 23.2. The number of benzene rings is 3. The lowest BCUT2D eigenvalue weighted by Gasteiger charge is -2.10. The summed E-state index contributed by atoms with van der Waals surface area (Å²) in [5.41, 5.74) is 5.27. The van der Waals surface area contributed by atoms with E-state index in [1.807, 2.05) is 78.9 Å². The molecule has 7 heteroatoms. The number of nitrogens with one attached hydrogen (secondary N) is 2. The Labute approximate surface area is 195 Å². The number of hydrogen-bond acceptors (Lipinski definition) is 4. The Balaban J connectivity index is 1.45. The summed E-state index contributed by atoms with van der Waals surface area (Å²) >= 11 is 3.43. The van der Waals surface area contributed by atoms with E-state index in [0.29, 0.717) is 30.8 Å². The number of nitrogens with zero attached hydrogens (tertiary/aromatic N) is 1. The molecule has 0 atom stereocenters. The zero-order chi connectivity index (χ0) is 22.6. The fraction of sp³-hybridized carbons (Fsp3) is 0.160. The fourth-order valence-corrected chi connectivity index (χ4v) is 3.25. The molecule has 0 saturated heterocycles. The third-order valence-electron chi connectivity index (χ3n) is 4.53. The zero-order valence-electron chi connectivity index (χ0n) is 17.5. The van der Waals surface area contributed by atoms with Crippen LogP contribution in [0.1, 0.15) is 23.1 Å². The Bertz CT molecular complexity index is 1060. The second-order valence-corrected chi connectivity index (χ2v) is 7.93. The van der Waals surface area contributed by atoms with Crippen molar-refractivity contribution >= 4 is 34.0 Å². The minimum absolute atomic E-state index is 0.138. The predicted molar refractivity (Wildman–Crippen MR) is 128 cm³/mol. The van der Waals surface area contributed by atoms with Gasteiger partial charge in [0.05, 0.1) is 12.8 Å². The molecule has 3 rings (SSSR count). The summed E-state index contributed by atoms with van der Waals surface area (Å²) in [7, 11) is 0. The predicted octanol–water partition coefficient (Wildman–Crippen LogP) is 4.23. The summed E-state index contributed by atoms with van der Waals surface area (Å²) in [6.45, 7) is 0.283. The first-order chi connectivity index (χ1) is 15.6. The maximum atomic E-state index is 12.0. The molecule has 3 aromatic rings. The molecule has 0 aliphatic heterocycles. The van der Waals surface area contributed by atoms with E-state index in [1.165, 1.54) is 6.21 Å². The van der Waals surface area contributed by atoms with E-state index in [0.717, 1.165) is 15.6 Å². The molecule has 0 aromatic heterocycles. The second kappa shape index (κ2) is 12.4. The van der Waals surface area contributed by atoms with Gasteiger partial charge in [0, 0.05) is 16.5 Å². The van der Waals surface area contributed by atoms with Crippen molar-refractivity contribution in [3.8, 4) is 5.75 Å². The van der Waals surface area contributed by atoms with Crippen LogP contribution in [0.15, 0.2) is 88.4 Å². The highest BCUT2D eigenvalue weighted by Gasteiger charge is 2.07. The molecule has 32 heavy (non-hydrogen) atoms. The van der Waals surface area contributed by atoms with Crippen molar-refractivity contribution in [1.82, 2.24) is 10.7 Å². The molecule has 0 saturated carbocycles. The van der Waals surface area contributed by atoms with Crippen LogP contribution in [0.5, 0.6) is 5.75 Å². The second-order valence-electron chi connectivity index (χ2n) is 7.01. The molecule has 164 valence electrons. The first-order valence-electron chi connectivity index (χ1n) is 10.2. The number of halogens is 1. The molecule has 2 amide bonds. The molecule has 0 unspecified atom stereocenters. The molecule has 0 spiro atoms. The minimum atomic E-state index is -0.406. The number of carbonyl (C=O) groups excluding carboxylic acids is 2. The quantitative estimate of drug-likeness (QED) is 0.327. The number of carbonyl (C=O) groups is 2. The van der Waals surface area contributed by atoms with Gasteiger partial charge in [0.15, 0.2) is 0 Å². The Kier molecular flexibility index (Phi) is 9.01. The largest absolute Gasteiger partial charge is 0.488 e. The maximum absolute atomic E-state index is 12.0. The lowest BCUT2D eigenvalue weighted by atomic mass is 10.1. The van der Waals surface area contributed by atoms with E-state index in [9.17, 15) is 9.59 Å². The van der Waals surface area contributed by atoms with Crippen LogP contribution in [0.25, 0.3) is 0 Å². The van der Waals surface area contributed by atoms with Gasteiger partial charge < -0.3 is 10.1 Å². The standard InChI is InChI=1S/C25H24BrN3O3/c26-22-12-13-23(32-18-20-9-5-2-6-10-20)21(15-22)16-28-29-25(31)17-27-24(30)14-11-19-7-3-1-4-8-19/h1-10,12-13,15-16H,11,14,17-18H2,(H,27,30)(H,29,31). The summed E-state index contributed by atoms with van der Waals surface area (Å²) in [6.07, 6.45) is 2.46. The van der Waals surface area contributed by atoms with E-state index >= 15 is 0 Å². The van der Waals surface area contributed by atoms with Gasteiger partial charge in [0.25, 0.3) is 5.91 Å². The van der Waals surface area contributed by atoms with Gasteiger partial charge in [-0.3, -0.25) is 9.59 Å². The van der Waals surface area contributed by atoms with E-state index in [4.69, 9.17) is 4.74 Å². The van der Waals surface area contributed by atoms with Crippen LogP contribution in [0.2, 0.25) is 0 Å². The summed E-state index contributed by atoms with van der Waals surface area (Å²) in [5.74, 6) is 0.0527. The smallest absolute Gasteiger partial charge is 0.259 e. The summed E-state index contributed by atoms with van der Waals surface area (Å²) < 4.78 is 6.76. The Morgan fingerprint density at radius 1 is 0.906 bits per heavy atom. The van der Waals surface area contributed by atoms with Crippen LogP contribution in [0.4, 0.5) is 0 Å². The Morgan fingerprint density at radius 2 is 1.59 bits per heavy atom. The van der Waals surface area contributed by atoms with E-state index in [-0.39, 0.29) is 12.5 Å². The van der Waals surface area contributed by atoms with Crippen molar-refractivity contribution in [2.45, 2.75) is 19.4 Å². The highest BCUT2D eigenvalue weighted by atomic mass is 79.9. The highest BCUT2D eigenvalue weighted by molar-refractivity contribution is 9.10. The normalized spacial score (nSPS) is 10.7. The van der Waals surface area contributed by atoms with Crippen LogP contribution < -0.4 is 15.5 Å². The zero-order valence-corrected chi connectivity index (χ0v) is 19.0. The van der Waals surface area contributed by atoms with Gasteiger partial charge in [-0.1, -0.05) is 76.6 Å². The average Bonchev–Trinajstić information content (AvgIpc) is 2.82.